The minimum Gasteiger partial charge on any atom is -0.228 e. The van der Waals surface area contributed by atoms with E-state index in [-0.39, 0.29) is 11.2 Å². The minimum absolute atomic E-state index is 0.331. The molecule has 0 aliphatic rings. The van der Waals surface area contributed by atoms with Crippen LogP contribution in [0.2, 0.25) is 0 Å². The zero-order valence-corrected chi connectivity index (χ0v) is 17.5. The van der Waals surface area contributed by atoms with E-state index in [1.54, 1.807) is 0 Å². The van der Waals surface area contributed by atoms with Gasteiger partial charge in [0.25, 0.3) is 0 Å². The van der Waals surface area contributed by atoms with Crippen LogP contribution in [0.4, 0.5) is 0 Å². The summed E-state index contributed by atoms with van der Waals surface area (Å²) in [5, 5.41) is 0. The first-order valence-corrected chi connectivity index (χ1v) is 9.89. The molecule has 0 aromatic carbocycles. The van der Waals surface area contributed by atoms with E-state index in [0.29, 0.717) is 6.42 Å². The van der Waals surface area contributed by atoms with E-state index in [0.717, 1.165) is 51.4 Å². The van der Waals surface area contributed by atoms with Gasteiger partial charge >= 0.3 is 0 Å². The zero-order chi connectivity index (χ0) is 18.7. The Balaban J connectivity index is 4.91. The van der Waals surface area contributed by atoms with Crippen LogP contribution in [0, 0.1) is 0 Å². The first kappa shape index (κ1) is 23.8. The van der Waals surface area contributed by atoms with E-state index in [9.17, 15) is 0 Å². The molecular weight excluding hydrogens is 304 g/mol. The van der Waals surface area contributed by atoms with Gasteiger partial charge < -0.3 is 0 Å². The van der Waals surface area contributed by atoms with Crippen LogP contribution in [0.1, 0.15) is 113 Å². The van der Waals surface area contributed by atoms with Crippen molar-refractivity contribution in [2.45, 2.75) is 130 Å². The average molecular weight is 347 g/mol. The van der Waals surface area contributed by atoms with Crippen molar-refractivity contribution in [2.75, 3.05) is 0 Å². The van der Waals surface area contributed by atoms with Gasteiger partial charge in [-0.2, -0.15) is 9.78 Å². The van der Waals surface area contributed by atoms with Crippen LogP contribution in [0.15, 0.2) is 0 Å². The third-order valence-corrected chi connectivity index (χ3v) is 4.24. The molecule has 4 heteroatoms. The second-order valence-electron chi connectivity index (χ2n) is 8.07. The summed E-state index contributed by atoms with van der Waals surface area (Å²) in [5.41, 5.74) is -0.662. The summed E-state index contributed by atoms with van der Waals surface area (Å²) < 4.78 is 0. The highest BCUT2D eigenvalue weighted by molar-refractivity contribution is 4.70. The fourth-order valence-electron chi connectivity index (χ4n) is 2.70. The van der Waals surface area contributed by atoms with Gasteiger partial charge in [-0.05, 0) is 47.0 Å². The van der Waals surface area contributed by atoms with Crippen LogP contribution in [-0.4, -0.2) is 17.0 Å². The zero-order valence-electron chi connectivity index (χ0n) is 17.5. The Bertz CT molecular complexity index is 291. The van der Waals surface area contributed by atoms with E-state index in [1.165, 1.54) is 0 Å². The molecule has 0 aliphatic carbocycles. The molecule has 0 heterocycles. The predicted octanol–water partition coefficient (Wildman–Crippen LogP) is 6.73. The summed E-state index contributed by atoms with van der Waals surface area (Å²) in [7, 11) is 0. The number of unbranched alkanes of at least 4 members (excludes halogenated alkanes) is 2. The standard InChI is InChI=1S/C20H42O4/c1-9-13-14-17-20(12-4,23-21-18(5,6)15-10-2)24-22-19(7,8)16-11-3/h9-17H2,1-8H3. The van der Waals surface area contributed by atoms with Gasteiger partial charge in [0.05, 0.1) is 11.2 Å². The third kappa shape index (κ3) is 9.97. The lowest BCUT2D eigenvalue weighted by molar-refractivity contribution is -0.545. The maximum Gasteiger partial charge on any atom is 0.233 e. The highest BCUT2D eigenvalue weighted by Gasteiger charge is 2.37. The van der Waals surface area contributed by atoms with Crippen molar-refractivity contribution in [3.05, 3.63) is 0 Å². The monoisotopic (exact) mass is 346 g/mol. The van der Waals surface area contributed by atoms with Gasteiger partial charge in [0.2, 0.25) is 5.79 Å². The Morgan fingerprint density at radius 3 is 1.33 bits per heavy atom. The fourth-order valence-corrected chi connectivity index (χ4v) is 2.70. The molecule has 4 nitrogen and oxygen atoms in total. The van der Waals surface area contributed by atoms with Crippen molar-refractivity contribution in [3.8, 4) is 0 Å². The summed E-state index contributed by atoms with van der Waals surface area (Å²) in [5.74, 6) is -0.842. The quantitative estimate of drug-likeness (QED) is 0.143. The van der Waals surface area contributed by atoms with Crippen molar-refractivity contribution < 1.29 is 19.6 Å². The fraction of sp³-hybridized carbons (Fsp3) is 1.00. The maximum absolute atomic E-state index is 5.87. The highest BCUT2D eigenvalue weighted by Crippen LogP contribution is 2.32. The van der Waals surface area contributed by atoms with Crippen LogP contribution in [0.25, 0.3) is 0 Å². The van der Waals surface area contributed by atoms with Crippen molar-refractivity contribution in [1.82, 2.24) is 0 Å². The van der Waals surface area contributed by atoms with Gasteiger partial charge in [-0.3, -0.25) is 0 Å². The molecule has 0 aromatic heterocycles. The molecule has 0 unspecified atom stereocenters. The van der Waals surface area contributed by atoms with Crippen LogP contribution in [-0.2, 0) is 19.6 Å². The number of rotatable bonds is 15. The lowest BCUT2D eigenvalue weighted by atomic mass is 10.0. The Labute approximate surface area is 150 Å². The van der Waals surface area contributed by atoms with Gasteiger partial charge in [-0.1, -0.05) is 53.4 Å². The topological polar surface area (TPSA) is 36.9 Å². The van der Waals surface area contributed by atoms with Crippen molar-refractivity contribution in [3.63, 3.8) is 0 Å². The molecule has 0 bridgehead atoms. The number of hydrogen-bond donors (Lipinski definition) is 0. The van der Waals surface area contributed by atoms with Crippen LogP contribution >= 0.6 is 0 Å². The Morgan fingerprint density at radius 2 is 1.00 bits per heavy atom. The van der Waals surface area contributed by atoms with Crippen LogP contribution in [0.3, 0.4) is 0 Å². The lowest BCUT2D eigenvalue weighted by Gasteiger charge is -2.36. The molecule has 0 aliphatic heterocycles. The summed E-state index contributed by atoms with van der Waals surface area (Å²) in [6.45, 7) is 16.7. The SMILES string of the molecule is CCCCCC(CC)(OOC(C)(C)CCC)OOC(C)(C)CCC. The largest absolute Gasteiger partial charge is 0.233 e. The minimum atomic E-state index is -0.842. The lowest BCUT2D eigenvalue weighted by Crippen LogP contribution is -2.41. The molecule has 0 fully saturated rings. The third-order valence-electron chi connectivity index (χ3n) is 4.24. The van der Waals surface area contributed by atoms with Gasteiger partial charge in [0.15, 0.2) is 0 Å². The molecule has 0 saturated heterocycles. The molecule has 0 N–H and O–H groups in total. The van der Waals surface area contributed by atoms with Crippen molar-refractivity contribution >= 4 is 0 Å². The Morgan fingerprint density at radius 1 is 0.542 bits per heavy atom. The summed E-state index contributed by atoms with van der Waals surface area (Å²) in [6, 6.07) is 0. The summed E-state index contributed by atoms with van der Waals surface area (Å²) >= 11 is 0. The molecule has 24 heavy (non-hydrogen) atoms. The predicted molar refractivity (Wildman–Crippen MR) is 99.5 cm³/mol. The van der Waals surface area contributed by atoms with E-state index >= 15 is 0 Å². The van der Waals surface area contributed by atoms with Crippen LogP contribution in [0.5, 0.6) is 0 Å². The Hall–Kier alpha value is -0.160. The Kier molecular flexibility index (Phi) is 11.4. The van der Waals surface area contributed by atoms with E-state index in [1.807, 2.05) is 27.7 Å². The smallest absolute Gasteiger partial charge is 0.228 e. The second-order valence-corrected chi connectivity index (χ2v) is 8.07. The molecule has 0 radical (unpaired) electrons. The average Bonchev–Trinajstić information content (AvgIpc) is 2.50. The van der Waals surface area contributed by atoms with Gasteiger partial charge in [0, 0.05) is 12.8 Å². The van der Waals surface area contributed by atoms with Crippen molar-refractivity contribution in [1.29, 1.82) is 0 Å². The summed E-state index contributed by atoms with van der Waals surface area (Å²) in [6.07, 6.45) is 8.74. The molecule has 0 amide bonds. The van der Waals surface area contributed by atoms with E-state index in [4.69, 9.17) is 19.6 Å². The molecule has 0 atom stereocenters. The molecule has 0 rings (SSSR count). The highest BCUT2D eigenvalue weighted by atomic mass is 17.3. The normalized spacial score (nSPS) is 13.5. The van der Waals surface area contributed by atoms with Gasteiger partial charge in [0.1, 0.15) is 0 Å². The molecule has 0 saturated carbocycles. The molecule has 146 valence electrons. The maximum atomic E-state index is 5.87. The molecular formula is C20H42O4. The van der Waals surface area contributed by atoms with Crippen molar-refractivity contribution in [2.24, 2.45) is 0 Å². The molecule has 0 aromatic rings. The number of hydrogen-bond acceptors (Lipinski definition) is 4. The van der Waals surface area contributed by atoms with E-state index in [2.05, 4.69) is 27.7 Å². The van der Waals surface area contributed by atoms with E-state index < -0.39 is 5.79 Å². The first-order valence-electron chi connectivity index (χ1n) is 9.89. The van der Waals surface area contributed by atoms with Gasteiger partial charge in [-0.25, -0.2) is 9.78 Å². The molecule has 0 spiro atoms. The second kappa shape index (κ2) is 11.5. The first-order chi connectivity index (χ1) is 11.2. The van der Waals surface area contributed by atoms with Crippen LogP contribution < -0.4 is 0 Å². The summed E-state index contributed by atoms with van der Waals surface area (Å²) in [4.78, 5) is 23.3. The van der Waals surface area contributed by atoms with Gasteiger partial charge in [-0.15, -0.1) is 0 Å².